The monoisotopic (exact) mass is 364 g/mol. The Bertz CT molecular complexity index is 709. The van der Waals surface area contributed by atoms with Crippen LogP contribution in [0.1, 0.15) is 6.92 Å². The Morgan fingerprint density at radius 2 is 1.88 bits per heavy atom. The van der Waals surface area contributed by atoms with Crippen LogP contribution in [0.15, 0.2) is 42.5 Å². The molecule has 0 bridgehead atoms. The SMILES string of the molecule is CCOc1cccc(OCCNC(=O)Nc2cc(Cl)ccc2OC)c1. The van der Waals surface area contributed by atoms with Crippen LogP contribution in [0.3, 0.4) is 0 Å². The number of nitrogens with one attached hydrogen (secondary N) is 2. The second-order valence-corrected chi connectivity index (χ2v) is 5.42. The molecule has 0 aliphatic carbocycles. The van der Waals surface area contributed by atoms with Crippen molar-refractivity contribution >= 4 is 23.3 Å². The van der Waals surface area contributed by atoms with Crippen molar-refractivity contribution < 1.29 is 19.0 Å². The summed E-state index contributed by atoms with van der Waals surface area (Å²) < 4.78 is 16.2. The Hall–Kier alpha value is -2.60. The zero-order valence-corrected chi connectivity index (χ0v) is 14.9. The lowest BCUT2D eigenvalue weighted by Gasteiger charge is -2.12. The van der Waals surface area contributed by atoms with E-state index in [0.29, 0.717) is 42.0 Å². The summed E-state index contributed by atoms with van der Waals surface area (Å²) in [5, 5.41) is 5.91. The van der Waals surface area contributed by atoms with E-state index in [1.54, 1.807) is 24.3 Å². The first kappa shape index (κ1) is 18.7. The summed E-state index contributed by atoms with van der Waals surface area (Å²) in [7, 11) is 1.52. The standard InChI is InChI=1S/C18H21ClN2O4/c1-3-24-14-5-4-6-15(12-14)25-10-9-20-18(22)21-16-11-13(19)7-8-17(16)23-2/h4-8,11-12H,3,9-10H2,1-2H3,(H2,20,21,22). The first-order chi connectivity index (χ1) is 12.1. The maximum absolute atomic E-state index is 11.9. The van der Waals surface area contributed by atoms with E-state index in [0.717, 1.165) is 5.75 Å². The van der Waals surface area contributed by atoms with Crippen molar-refractivity contribution in [2.24, 2.45) is 0 Å². The number of anilines is 1. The van der Waals surface area contributed by atoms with E-state index in [2.05, 4.69) is 10.6 Å². The number of rotatable bonds is 8. The lowest BCUT2D eigenvalue weighted by Crippen LogP contribution is -2.32. The van der Waals surface area contributed by atoms with Crippen LogP contribution in [-0.2, 0) is 0 Å². The molecule has 0 unspecified atom stereocenters. The van der Waals surface area contributed by atoms with Crippen LogP contribution < -0.4 is 24.8 Å². The van der Waals surface area contributed by atoms with Gasteiger partial charge in [-0.25, -0.2) is 4.79 Å². The third kappa shape index (κ3) is 6.08. The van der Waals surface area contributed by atoms with Gasteiger partial charge in [-0.3, -0.25) is 0 Å². The summed E-state index contributed by atoms with van der Waals surface area (Å²) >= 11 is 5.93. The van der Waals surface area contributed by atoms with Gasteiger partial charge in [0, 0.05) is 11.1 Å². The van der Waals surface area contributed by atoms with E-state index in [1.165, 1.54) is 7.11 Å². The lowest BCUT2D eigenvalue weighted by atomic mass is 10.3. The molecule has 0 atom stereocenters. The van der Waals surface area contributed by atoms with Crippen LogP contribution in [0, 0.1) is 0 Å². The van der Waals surface area contributed by atoms with Crippen molar-refractivity contribution in [1.29, 1.82) is 0 Å². The third-order valence-electron chi connectivity index (χ3n) is 3.18. The van der Waals surface area contributed by atoms with Crippen LogP contribution in [0.2, 0.25) is 5.02 Å². The van der Waals surface area contributed by atoms with E-state index in [9.17, 15) is 4.79 Å². The highest BCUT2D eigenvalue weighted by molar-refractivity contribution is 6.31. The van der Waals surface area contributed by atoms with Crippen molar-refractivity contribution in [2.75, 3.05) is 32.2 Å². The fraction of sp³-hybridized carbons (Fsp3) is 0.278. The van der Waals surface area contributed by atoms with Crippen LogP contribution in [0.25, 0.3) is 0 Å². The molecule has 0 fully saturated rings. The number of hydrogen-bond acceptors (Lipinski definition) is 4. The van der Waals surface area contributed by atoms with E-state index in [-0.39, 0.29) is 6.03 Å². The highest BCUT2D eigenvalue weighted by Gasteiger charge is 2.08. The number of hydrogen-bond donors (Lipinski definition) is 2. The summed E-state index contributed by atoms with van der Waals surface area (Å²) in [6.07, 6.45) is 0. The van der Waals surface area contributed by atoms with E-state index < -0.39 is 0 Å². The molecule has 0 spiro atoms. The molecule has 0 heterocycles. The summed E-state index contributed by atoms with van der Waals surface area (Å²) in [6.45, 7) is 3.19. The lowest BCUT2D eigenvalue weighted by molar-refractivity contribution is 0.247. The van der Waals surface area contributed by atoms with Gasteiger partial charge in [0.25, 0.3) is 0 Å². The molecule has 0 aliphatic heterocycles. The molecular weight excluding hydrogens is 344 g/mol. The molecule has 2 amide bonds. The molecule has 2 N–H and O–H groups in total. The van der Waals surface area contributed by atoms with E-state index in [4.69, 9.17) is 25.8 Å². The summed E-state index contributed by atoms with van der Waals surface area (Å²) in [6, 6.07) is 12.0. The van der Waals surface area contributed by atoms with Gasteiger partial charge in [-0.05, 0) is 37.3 Å². The number of ether oxygens (including phenoxy) is 3. The molecule has 6 nitrogen and oxygen atoms in total. The third-order valence-corrected chi connectivity index (χ3v) is 3.42. The van der Waals surface area contributed by atoms with Crippen LogP contribution in [0.5, 0.6) is 17.2 Å². The first-order valence-electron chi connectivity index (χ1n) is 7.86. The molecule has 0 radical (unpaired) electrons. The molecule has 2 aromatic carbocycles. The van der Waals surface area contributed by atoms with Gasteiger partial charge >= 0.3 is 6.03 Å². The van der Waals surface area contributed by atoms with Gasteiger partial charge in [0.05, 0.1) is 25.9 Å². The maximum atomic E-state index is 11.9. The zero-order valence-electron chi connectivity index (χ0n) is 14.2. The average molecular weight is 365 g/mol. The number of methoxy groups -OCH3 is 1. The van der Waals surface area contributed by atoms with Crippen LogP contribution in [-0.4, -0.2) is 32.9 Å². The van der Waals surface area contributed by atoms with Gasteiger partial charge in [0.2, 0.25) is 0 Å². The van der Waals surface area contributed by atoms with Gasteiger partial charge in [0.1, 0.15) is 23.9 Å². The van der Waals surface area contributed by atoms with Crippen LogP contribution >= 0.6 is 11.6 Å². The minimum atomic E-state index is -0.368. The molecule has 0 saturated carbocycles. The number of urea groups is 1. The molecule has 2 rings (SSSR count). The molecule has 0 aliphatic rings. The Labute approximate surface area is 152 Å². The molecule has 134 valence electrons. The largest absolute Gasteiger partial charge is 0.495 e. The van der Waals surface area contributed by atoms with Crippen molar-refractivity contribution in [1.82, 2.24) is 5.32 Å². The van der Waals surface area contributed by atoms with Gasteiger partial charge in [-0.15, -0.1) is 0 Å². The highest BCUT2D eigenvalue weighted by Crippen LogP contribution is 2.27. The normalized spacial score (nSPS) is 10.0. The quantitative estimate of drug-likeness (QED) is 0.696. The van der Waals surface area contributed by atoms with E-state index >= 15 is 0 Å². The first-order valence-corrected chi connectivity index (χ1v) is 8.24. The second-order valence-electron chi connectivity index (χ2n) is 4.98. The minimum Gasteiger partial charge on any atom is -0.495 e. The Balaban J connectivity index is 1.77. The number of benzene rings is 2. The van der Waals surface area contributed by atoms with Crippen LogP contribution in [0.4, 0.5) is 10.5 Å². The second kappa shape index (κ2) is 9.64. The fourth-order valence-electron chi connectivity index (χ4n) is 2.10. The predicted molar refractivity (Wildman–Crippen MR) is 98.1 cm³/mol. The number of carbonyl (C=O) groups excluding carboxylic acids is 1. The van der Waals surface area contributed by atoms with E-state index in [1.807, 2.05) is 25.1 Å². The summed E-state index contributed by atoms with van der Waals surface area (Å²) in [5.41, 5.74) is 0.498. The molecular formula is C18H21ClN2O4. The van der Waals surface area contributed by atoms with Gasteiger partial charge < -0.3 is 24.8 Å². The minimum absolute atomic E-state index is 0.329. The topological polar surface area (TPSA) is 68.8 Å². The maximum Gasteiger partial charge on any atom is 0.319 e. The highest BCUT2D eigenvalue weighted by atomic mass is 35.5. The molecule has 7 heteroatoms. The smallest absolute Gasteiger partial charge is 0.319 e. The van der Waals surface area contributed by atoms with Crippen molar-refractivity contribution in [3.8, 4) is 17.2 Å². The summed E-state index contributed by atoms with van der Waals surface area (Å²) in [5.74, 6) is 1.96. The van der Waals surface area contributed by atoms with Gasteiger partial charge in [-0.1, -0.05) is 17.7 Å². The predicted octanol–water partition coefficient (Wildman–Crippen LogP) is 3.95. The van der Waals surface area contributed by atoms with Crippen molar-refractivity contribution in [2.45, 2.75) is 6.92 Å². The number of carbonyl (C=O) groups is 1. The zero-order chi connectivity index (χ0) is 18.1. The Kier molecular flexibility index (Phi) is 7.22. The number of halogens is 1. The molecule has 0 aromatic heterocycles. The summed E-state index contributed by atoms with van der Waals surface area (Å²) in [4.78, 5) is 11.9. The number of amides is 2. The average Bonchev–Trinajstić information content (AvgIpc) is 2.60. The molecule has 25 heavy (non-hydrogen) atoms. The van der Waals surface area contributed by atoms with Crippen molar-refractivity contribution in [3.05, 3.63) is 47.5 Å². The van der Waals surface area contributed by atoms with Crippen molar-refractivity contribution in [3.63, 3.8) is 0 Å². The van der Waals surface area contributed by atoms with Gasteiger partial charge in [0.15, 0.2) is 0 Å². The molecule has 2 aromatic rings. The Morgan fingerprint density at radius 3 is 2.60 bits per heavy atom. The Morgan fingerprint density at radius 1 is 1.12 bits per heavy atom. The molecule has 0 saturated heterocycles. The fourth-order valence-corrected chi connectivity index (χ4v) is 2.27. The van der Waals surface area contributed by atoms with Gasteiger partial charge in [-0.2, -0.15) is 0 Å².